The molecule has 8 nitrogen and oxygen atoms in total. The number of hydrogen-bond donors (Lipinski definition) is 0. The minimum Gasteiger partial charge on any atom is -0.462 e. The van der Waals surface area contributed by atoms with Gasteiger partial charge in [0.25, 0.3) is 0 Å². The molecule has 0 radical (unpaired) electrons. The third-order valence-corrected chi connectivity index (χ3v) is 4.09. The monoisotopic (exact) mass is 342 g/mol. The van der Waals surface area contributed by atoms with Gasteiger partial charge in [0.2, 0.25) is 11.9 Å². The molecule has 0 saturated carbocycles. The molecule has 3 heterocycles. The van der Waals surface area contributed by atoms with E-state index in [9.17, 15) is 4.79 Å². The number of ether oxygens (including phenoxy) is 1. The molecule has 0 amide bonds. The van der Waals surface area contributed by atoms with Crippen LogP contribution in [-0.2, 0) is 11.2 Å². The molecule has 25 heavy (non-hydrogen) atoms. The number of esters is 1. The number of anilines is 2. The average molecular weight is 342 g/mol. The first kappa shape index (κ1) is 17.1. The first-order valence-electron chi connectivity index (χ1n) is 8.51. The summed E-state index contributed by atoms with van der Waals surface area (Å²) in [4.78, 5) is 33.3. The smallest absolute Gasteiger partial charge is 0.341 e. The van der Waals surface area contributed by atoms with Crippen LogP contribution < -0.4 is 9.80 Å². The highest BCUT2D eigenvalue weighted by molar-refractivity contribution is 5.88. The van der Waals surface area contributed by atoms with Gasteiger partial charge in [0.05, 0.1) is 12.2 Å². The summed E-state index contributed by atoms with van der Waals surface area (Å²) in [5, 5.41) is 0. The molecule has 1 aliphatic rings. The van der Waals surface area contributed by atoms with Gasteiger partial charge in [0.15, 0.2) is 0 Å². The summed E-state index contributed by atoms with van der Waals surface area (Å²) in [6.45, 7) is 7.35. The highest BCUT2D eigenvalue weighted by atomic mass is 16.5. The van der Waals surface area contributed by atoms with E-state index in [0.717, 1.165) is 44.1 Å². The third kappa shape index (κ3) is 4.01. The topological polar surface area (TPSA) is 84.3 Å². The molecular formula is C17H22N6O2. The predicted octanol–water partition coefficient (Wildman–Crippen LogP) is 1.33. The van der Waals surface area contributed by atoms with Crippen molar-refractivity contribution in [2.75, 3.05) is 42.6 Å². The fourth-order valence-corrected chi connectivity index (χ4v) is 2.60. The lowest BCUT2D eigenvalue weighted by molar-refractivity contribution is 0.0525. The number of aromatic nitrogens is 4. The standard InChI is InChI=1S/C17H22N6O2/c1-3-13-9-18-16(19-10-13)22-5-7-23(8-6-22)17-20-11-14(12-21-17)15(24)25-4-2/h9-12H,3-8H2,1-2H3. The van der Waals surface area contributed by atoms with Gasteiger partial charge in [-0.1, -0.05) is 6.92 Å². The number of carbonyl (C=O) groups excluding carboxylic acids is 1. The Morgan fingerprint density at radius 3 is 1.84 bits per heavy atom. The van der Waals surface area contributed by atoms with Gasteiger partial charge in [-0.25, -0.2) is 24.7 Å². The van der Waals surface area contributed by atoms with Gasteiger partial charge in [0.1, 0.15) is 0 Å². The highest BCUT2D eigenvalue weighted by Gasteiger charge is 2.21. The number of piperazine rings is 1. The maximum Gasteiger partial charge on any atom is 0.341 e. The van der Waals surface area contributed by atoms with Crippen LogP contribution in [0.1, 0.15) is 29.8 Å². The zero-order valence-electron chi connectivity index (χ0n) is 14.6. The van der Waals surface area contributed by atoms with E-state index in [1.54, 1.807) is 6.92 Å². The van der Waals surface area contributed by atoms with E-state index >= 15 is 0 Å². The number of aryl methyl sites for hydroxylation is 1. The first-order chi connectivity index (χ1) is 12.2. The maximum atomic E-state index is 11.6. The molecule has 8 heteroatoms. The summed E-state index contributed by atoms with van der Waals surface area (Å²) in [6, 6.07) is 0. The van der Waals surface area contributed by atoms with Crippen molar-refractivity contribution >= 4 is 17.9 Å². The van der Waals surface area contributed by atoms with Crippen molar-refractivity contribution in [1.82, 2.24) is 19.9 Å². The van der Waals surface area contributed by atoms with E-state index < -0.39 is 5.97 Å². The highest BCUT2D eigenvalue weighted by Crippen LogP contribution is 2.15. The average Bonchev–Trinajstić information content (AvgIpc) is 2.68. The van der Waals surface area contributed by atoms with Crippen LogP contribution >= 0.6 is 0 Å². The summed E-state index contributed by atoms with van der Waals surface area (Å²) in [5.41, 5.74) is 1.51. The SMILES string of the molecule is CCOC(=O)c1cnc(N2CCN(c3ncc(CC)cn3)CC2)nc1. The molecule has 0 spiro atoms. The van der Waals surface area contributed by atoms with Gasteiger partial charge >= 0.3 is 5.97 Å². The van der Waals surface area contributed by atoms with Crippen LogP contribution in [0.4, 0.5) is 11.9 Å². The Hall–Kier alpha value is -2.77. The maximum absolute atomic E-state index is 11.6. The molecule has 1 saturated heterocycles. The van der Waals surface area contributed by atoms with Gasteiger partial charge in [-0.3, -0.25) is 0 Å². The number of nitrogens with zero attached hydrogens (tertiary/aromatic N) is 6. The molecule has 0 bridgehead atoms. The summed E-state index contributed by atoms with van der Waals surface area (Å²) in [7, 11) is 0. The van der Waals surface area contributed by atoms with Gasteiger partial charge in [-0.2, -0.15) is 0 Å². The molecule has 2 aromatic heterocycles. The Morgan fingerprint density at radius 1 is 0.920 bits per heavy atom. The van der Waals surface area contributed by atoms with E-state index in [1.807, 2.05) is 12.4 Å². The zero-order valence-corrected chi connectivity index (χ0v) is 14.6. The molecule has 1 fully saturated rings. The molecule has 2 aromatic rings. The number of hydrogen-bond acceptors (Lipinski definition) is 8. The van der Waals surface area contributed by atoms with E-state index in [-0.39, 0.29) is 0 Å². The zero-order chi connectivity index (χ0) is 17.6. The van der Waals surface area contributed by atoms with Crippen LogP contribution in [0.2, 0.25) is 0 Å². The van der Waals surface area contributed by atoms with Crippen molar-refractivity contribution in [3.63, 3.8) is 0 Å². The Bertz CT molecular complexity index is 696. The molecular weight excluding hydrogens is 320 g/mol. The molecule has 1 aliphatic heterocycles. The lowest BCUT2D eigenvalue weighted by atomic mass is 10.3. The Morgan fingerprint density at radius 2 is 1.40 bits per heavy atom. The minimum atomic E-state index is -0.397. The van der Waals surface area contributed by atoms with Crippen molar-refractivity contribution in [3.05, 3.63) is 35.9 Å². The second-order valence-corrected chi connectivity index (χ2v) is 5.71. The largest absolute Gasteiger partial charge is 0.462 e. The quantitative estimate of drug-likeness (QED) is 0.753. The second kappa shape index (κ2) is 7.87. The number of carbonyl (C=O) groups is 1. The van der Waals surface area contributed by atoms with Gasteiger partial charge in [-0.15, -0.1) is 0 Å². The lowest BCUT2D eigenvalue weighted by Gasteiger charge is -2.34. The third-order valence-electron chi connectivity index (χ3n) is 4.09. The van der Waals surface area contributed by atoms with Crippen LogP contribution in [0.15, 0.2) is 24.8 Å². The predicted molar refractivity (Wildman–Crippen MR) is 93.8 cm³/mol. The molecule has 0 aliphatic carbocycles. The summed E-state index contributed by atoms with van der Waals surface area (Å²) in [5.74, 6) is 0.983. The second-order valence-electron chi connectivity index (χ2n) is 5.71. The van der Waals surface area contributed by atoms with E-state index in [4.69, 9.17) is 4.74 Å². The van der Waals surface area contributed by atoms with Crippen LogP contribution in [0, 0.1) is 0 Å². The summed E-state index contributed by atoms with van der Waals surface area (Å²) < 4.78 is 4.94. The molecule has 0 atom stereocenters. The Kier molecular flexibility index (Phi) is 5.37. The van der Waals surface area contributed by atoms with Crippen molar-refractivity contribution in [2.24, 2.45) is 0 Å². The Balaban J connectivity index is 1.59. The van der Waals surface area contributed by atoms with E-state index in [1.165, 1.54) is 12.4 Å². The first-order valence-corrected chi connectivity index (χ1v) is 8.51. The van der Waals surface area contributed by atoms with Gasteiger partial charge in [-0.05, 0) is 18.9 Å². The summed E-state index contributed by atoms with van der Waals surface area (Å²) >= 11 is 0. The fourth-order valence-electron chi connectivity index (χ4n) is 2.60. The van der Waals surface area contributed by atoms with Gasteiger partial charge in [0, 0.05) is 51.0 Å². The molecule has 0 N–H and O–H groups in total. The van der Waals surface area contributed by atoms with Crippen LogP contribution in [0.25, 0.3) is 0 Å². The molecule has 0 unspecified atom stereocenters. The van der Waals surface area contributed by atoms with Gasteiger partial charge < -0.3 is 14.5 Å². The minimum absolute atomic E-state index is 0.337. The van der Waals surface area contributed by atoms with Crippen molar-refractivity contribution in [3.8, 4) is 0 Å². The Labute approximate surface area is 146 Å². The number of rotatable bonds is 5. The van der Waals surface area contributed by atoms with Crippen molar-refractivity contribution < 1.29 is 9.53 Å². The van der Waals surface area contributed by atoms with Crippen molar-refractivity contribution in [1.29, 1.82) is 0 Å². The van der Waals surface area contributed by atoms with E-state index in [2.05, 4.69) is 36.7 Å². The lowest BCUT2D eigenvalue weighted by Crippen LogP contribution is -2.47. The van der Waals surface area contributed by atoms with Crippen LogP contribution in [-0.4, -0.2) is 58.7 Å². The van der Waals surface area contributed by atoms with Crippen LogP contribution in [0.3, 0.4) is 0 Å². The van der Waals surface area contributed by atoms with E-state index in [0.29, 0.717) is 18.1 Å². The molecule has 132 valence electrons. The van der Waals surface area contributed by atoms with Crippen LogP contribution in [0.5, 0.6) is 0 Å². The molecule has 0 aromatic carbocycles. The van der Waals surface area contributed by atoms with Crippen molar-refractivity contribution in [2.45, 2.75) is 20.3 Å². The molecule has 3 rings (SSSR count). The fraction of sp³-hybridized carbons (Fsp3) is 0.471. The summed E-state index contributed by atoms with van der Waals surface area (Å²) in [6.07, 6.45) is 7.73. The normalized spacial score (nSPS) is 14.5.